The van der Waals surface area contributed by atoms with E-state index in [4.69, 9.17) is 15.1 Å². The van der Waals surface area contributed by atoms with Gasteiger partial charge in [-0.15, -0.1) is 0 Å². The Balaban J connectivity index is 1.58. The highest BCUT2D eigenvalue weighted by molar-refractivity contribution is 5.94. The van der Waals surface area contributed by atoms with Crippen molar-refractivity contribution in [3.63, 3.8) is 0 Å². The number of aromatic nitrogens is 3. The van der Waals surface area contributed by atoms with Gasteiger partial charge < -0.3 is 14.9 Å². The van der Waals surface area contributed by atoms with E-state index in [1.54, 1.807) is 11.0 Å². The van der Waals surface area contributed by atoms with E-state index >= 15 is 0 Å². The van der Waals surface area contributed by atoms with E-state index in [2.05, 4.69) is 22.5 Å². The van der Waals surface area contributed by atoms with E-state index in [1.807, 2.05) is 37.3 Å². The number of carbonyl (C=O) groups is 1. The highest BCUT2D eigenvalue weighted by Gasteiger charge is 2.33. The van der Waals surface area contributed by atoms with Gasteiger partial charge in [-0.05, 0) is 38.0 Å². The smallest absolute Gasteiger partial charge is 0.225 e. The molecule has 2 aromatic heterocycles. The van der Waals surface area contributed by atoms with Gasteiger partial charge in [-0.1, -0.05) is 24.8 Å². The van der Waals surface area contributed by atoms with Crippen molar-refractivity contribution in [1.82, 2.24) is 19.9 Å². The van der Waals surface area contributed by atoms with Gasteiger partial charge in [-0.3, -0.25) is 4.79 Å². The lowest BCUT2D eigenvalue weighted by Gasteiger charge is -2.40. The zero-order valence-corrected chi connectivity index (χ0v) is 19.8. The number of fused-ring (bicyclic) bond motifs is 1. The molecule has 2 aliphatic rings. The standard InChI is InChI=1S/C27H28N6O2/c1-3-23-29-22-7-5-4-6-20(22)26(30-23)21-14-19(15-28)27(31-25(21)18-8-9-18)32-11-12-33(17(2)16-32)24(35)10-13-34/h3-7,14,17-18,34H,1,8-13,16H2,2H3. The molecule has 1 saturated heterocycles. The molecule has 1 aliphatic carbocycles. The molecule has 8 nitrogen and oxygen atoms in total. The van der Waals surface area contributed by atoms with E-state index in [0.29, 0.717) is 42.8 Å². The Bertz CT molecular complexity index is 1340. The van der Waals surface area contributed by atoms with Crippen LogP contribution in [0.4, 0.5) is 5.82 Å². The average Bonchev–Trinajstić information content (AvgIpc) is 3.72. The number of pyridine rings is 1. The molecule has 1 aromatic carbocycles. The zero-order chi connectivity index (χ0) is 24.5. The number of benzene rings is 1. The molecule has 8 heteroatoms. The molecule has 0 bridgehead atoms. The summed E-state index contributed by atoms with van der Waals surface area (Å²) in [5.74, 6) is 1.50. The van der Waals surface area contributed by atoms with Gasteiger partial charge in [0.2, 0.25) is 5.91 Å². The van der Waals surface area contributed by atoms with Crippen molar-refractivity contribution in [2.45, 2.75) is 38.1 Å². The maximum atomic E-state index is 12.3. The van der Waals surface area contributed by atoms with E-state index in [-0.39, 0.29) is 25.0 Å². The van der Waals surface area contributed by atoms with Crippen LogP contribution < -0.4 is 4.90 Å². The van der Waals surface area contributed by atoms with Crippen molar-refractivity contribution >= 4 is 28.7 Å². The Kier molecular flexibility index (Phi) is 6.18. The molecule has 5 rings (SSSR count). The number of anilines is 1. The van der Waals surface area contributed by atoms with Crippen molar-refractivity contribution in [2.24, 2.45) is 0 Å². The molecule has 1 amide bonds. The number of aliphatic hydroxyl groups excluding tert-OH is 1. The van der Waals surface area contributed by atoms with Crippen LogP contribution >= 0.6 is 0 Å². The number of carbonyl (C=O) groups excluding carboxylic acids is 1. The predicted octanol–water partition coefficient (Wildman–Crippen LogP) is 3.50. The molecular formula is C27H28N6O2. The fourth-order valence-corrected chi connectivity index (χ4v) is 4.85. The Labute approximate surface area is 204 Å². The highest BCUT2D eigenvalue weighted by Crippen LogP contribution is 2.45. The summed E-state index contributed by atoms with van der Waals surface area (Å²) >= 11 is 0. The number of aliphatic hydroxyl groups is 1. The van der Waals surface area contributed by atoms with Crippen LogP contribution in [0.3, 0.4) is 0 Å². The SMILES string of the molecule is C=Cc1nc(-c2cc(C#N)c(N3CCN(C(=O)CCO)C(C)C3)nc2C2CC2)c2ccccc2n1. The third kappa shape index (κ3) is 4.35. The minimum absolute atomic E-state index is 0.0406. The van der Waals surface area contributed by atoms with Crippen LogP contribution in [0.2, 0.25) is 0 Å². The molecule has 1 atom stereocenters. The molecule has 1 aliphatic heterocycles. The van der Waals surface area contributed by atoms with Crippen LogP contribution in [0.5, 0.6) is 0 Å². The predicted molar refractivity (Wildman–Crippen MR) is 135 cm³/mol. The van der Waals surface area contributed by atoms with Crippen molar-refractivity contribution in [1.29, 1.82) is 5.26 Å². The van der Waals surface area contributed by atoms with Gasteiger partial charge in [-0.25, -0.2) is 15.0 Å². The molecule has 1 N–H and O–H groups in total. The quantitative estimate of drug-likeness (QED) is 0.590. The molecule has 1 unspecified atom stereocenters. The first-order chi connectivity index (χ1) is 17.0. The fourth-order valence-electron chi connectivity index (χ4n) is 4.85. The van der Waals surface area contributed by atoms with Crippen LogP contribution in [0.25, 0.3) is 28.2 Å². The summed E-state index contributed by atoms with van der Waals surface area (Å²) in [4.78, 5) is 30.7. The van der Waals surface area contributed by atoms with Gasteiger partial charge in [0.1, 0.15) is 11.9 Å². The number of piperazine rings is 1. The fraction of sp³-hybridized carbons (Fsp3) is 0.370. The normalized spacial score (nSPS) is 17.9. The molecule has 3 heterocycles. The number of nitrogens with zero attached hydrogens (tertiary/aromatic N) is 6. The van der Waals surface area contributed by atoms with Gasteiger partial charge >= 0.3 is 0 Å². The van der Waals surface area contributed by atoms with Gasteiger partial charge in [0.05, 0.1) is 29.1 Å². The first-order valence-electron chi connectivity index (χ1n) is 12.0. The number of para-hydroxylation sites is 1. The molecule has 0 spiro atoms. The lowest BCUT2D eigenvalue weighted by molar-refractivity contribution is -0.134. The molecule has 0 radical (unpaired) electrons. The van der Waals surface area contributed by atoms with E-state index in [9.17, 15) is 10.1 Å². The van der Waals surface area contributed by atoms with E-state index in [1.165, 1.54) is 0 Å². The Morgan fingerprint density at radius 1 is 1.26 bits per heavy atom. The highest BCUT2D eigenvalue weighted by atomic mass is 16.3. The third-order valence-corrected chi connectivity index (χ3v) is 6.75. The van der Waals surface area contributed by atoms with Gasteiger partial charge in [-0.2, -0.15) is 5.26 Å². The lowest BCUT2D eigenvalue weighted by Crippen LogP contribution is -2.54. The summed E-state index contributed by atoms with van der Waals surface area (Å²) in [5.41, 5.74) is 3.93. The van der Waals surface area contributed by atoms with Crippen molar-refractivity contribution in [3.05, 3.63) is 54.0 Å². The summed E-state index contributed by atoms with van der Waals surface area (Å²) in [6, 6.07) is 12.1. The van der Waals surface area contributed by atoms with Crippen LogP contribution in [0.1, 0.15) is 49.2 Å². The number of rotatable bonds is 6. The minimum atomic E-state index is -0.149. The largest absolute Gasteiger partial charge is 0.396 e. The third-order valence-electron chi connectivity index (χ3n) is 6.75. The number of hydrogen-bond donors (Lipinski definition) is 1. The van der Waals surface area contributed by atoms with Crippen LogP contribution in [0.15, 0.2) is 36.9 Å². The lowest BCUT2D eigenvalue weighted by atomic mass is 9.99. The van der Waals surface area contributed by atoms with E-state index < -0.39 is 0 Å². The molecular weight excluding hydrogens is 440 g/mol. The second-order valence-electron chi connectivity index (χ2n) is 9.19. The summed E-state index contributed by atoms with van der Waals surface area (Å²) in [7, 11) is 0. The minimum Gasteiger partial charge on any atom is -0.396 e. The Hall–Kier alpha value is -3.83. The van der Waals surface area contributed by atoms with Crippen LogP contribution in [0, 0.1) is 11.3 Å². The number of nitriles is 1. The molecule has 3 aromatic rings. The molecule has 1 saturated carbocycles. The molecule has 2 fully saturated rings. The van der Waals surface area contributed by atoms with Gasteiger partial charge in [0, 0.05) is 49.0 Å². The summed E-state index contributed by atoms with van der Waals surface area (Å²) in [5, 5.41) is 20.2. The summed E-state index contributed by atoms with van der Waals surface area (Å²) in [6.45, 7) is 7.39. The van der Waals surface area contributed by atoms with Gasteiger partial charge in [0.25, 0.3) is 0 Å². The van der Waals surface area contributed by atoms with Crippen molar-refractivity contribution < 1.29 is 9.90 Å². The topological polar surface area (TPSA) is 106 Å². The monoisotopic (exact) mass is 468 g/mol. The Morgan fingerprint density at radius 3 is 2.74 bits per heavy atom. The summed E-state index contributed by atoms with van der Waals surface area (Å²) < 4.78 is 0. The van der Waals surface area contributed by atoms with Crippen molar-refractivity contribution in [3.8, 4) is 17.3 Å². The summed E-state index contributed by atoms with van der Waals surface area (Å²) in [6.07, 6.45) is 3.88. The number of amides is 1. The number of hydrogen-bond acceptors (Lipinski definition) is 7. The first-order valence-corrected chi connectivity index (χ1v) is 12.0. The van der Waals surface area contributed by atoms with Crippen LogP contribution in [-0.2, 0) is 4.79 Å². The van der Waals surface area contributed by atoms with Gasteiger partial charge in [0.15, 0.2) is 5.82 Å². The first kappa shape index (κ1) is 22.9. The molecule has 35 heavy (non-hydrogen) atoms. The second-order valence-corrected chi connectivity index (χ2v) is 9.19. The maximum Gasteiger partial charge on any atom is 0.225 e. The van der Waals surface area contributed by atoms with Crippen LogP contribution in [-0.4, -0.2) is 63.1 Å². The van der Waals surface area contributed by atoms with E-state index in [0.717, 1.165) is 40.7 Å². The average molecular weight is 469 g/mol. The van der Waals surface area contributed by atoms with Crippen molar-refractivity contribution in [2.75, 3.05) is 31.1 Å². The second kappa shape index (κ2) is 9.43. The Morgan fingerprint density at radius 2 is 2.06 bits per heavy atom. The maximum absolute atomic E-state index is 12.3. The zero-order valence-electron chi connectivity index (χ0n) is 19.8. The molecule has 178 valence electrons.